The molecular weight excluding hydrogens is 478 g/mol. The molecule has 1 aliphatic rings. The maximum absolute atomic E-state index is 15.5. The first-order valence-electron chi connectivity index (χ1n) is 11.3. The van der Waals surface area contributed by atoms with Gasteiger partial charge in [-0.2, -0.15) is 17.6 Å². The van der Waals surface area contributed by atoms with Crippen LogP contribution in [0.4, 0.5) is 29.2 Å². The number of anilines is 2. The number of nitrogens with one attached hydrogen (secondary N) is 1. The van der Waals surface area contributed by atoms with Crippen LogP contribution in [0.1, 0.15) is 28.7 Å². The molecule has 3 aromatic rings. The number of ether oxygens (including phenoxy) is 1. The molecule has 0 saturated carbocycles. The van der Waals surface area contributed by atoms with E-state index in [0.717, 1.165) is 23.3 Å². The van der Waals surface area contributed by atoms with Crippen molar-refractivity contribution in [2.45, 2.75) is 38.1 Å². The summed E-state index contributed by atoms with van der Waals surface area (Å²) in [6, 6.07) is 11.7. The minimum absolute atomic E-state index is 0.00227. The number of rotatable bonds is 9. The number of benzene rings is 2. The summed E-state index contributed by atoms with van der Waals surface area (Å²) in [5, 5.41) is 2.96. The van der Waals surface area contributed by atoms with Gasteiger partial charge in [0, 0.05) is 19.7 Å². The third kappa shape index (κ3) is 6.28. The Balaban J connectivity index is 1.52. The molecule has 4 rings (SSSR count). The number of hydrogen-bond acceptors (Lipinski definition) is 6. The zero-order chi connectivity index (χ0) is 25.7. The van der Waals surface area contributed by atoms with Crippen molar-refractivity contribution in [3.63, 3.8) is 0 Å². The fourth-order valence-electron chi connectivity index (χ4n) is 3.99. The van der Waals surface area contributed by atoms with Crippen molar-refractivity contribution >= 4 is 17.5 Å². The van der Waals surface area contributed by atoms with Crippen molar-refractivity contribution in [1.29, 1.82) is 0 Å². The summed E-state index contributed by atoms with van der Waals surface area (Å²) in [4.78, 5) is 20.9. The molecule has 1 fully saturated rings. The molecule has 0 aliphatic carbocycles. The van der Waals surface area contributed by atoms with Gasteiger partial charge in [0.15, 0.2) is 11.6 Å². The van der Waals surface area contributed by atoms with Crippen LogP contribution in [0.15, 0.2) is 54.9 Å². The molecule has 0 radical (unpaired) electrons. The van der Waals surface area contributed by atoms with Crippen molar-refractivity contribution in [3.8, 4) is 0 Å². The van der Waals surface area contributed by atoms with E-state index >= 15 is 4.39 Å². The van der Waals surface area contributed by atoms with Crippen LogP contribution in [-0.4, -0.2) is 35.1 Å². The minimum atomic E-state index is -4.43. The lowest BCUT2D eigenvalue weighted by Crippen LogP contribution is -2.36. The highest BCUT2D eigenvalue weighted by Crippen LogP contribution is 2.31. The quantitative estimate of drug-likeness (QED) is 0.428. The Morgan fingerprint density at radius 1 is 1.06 bits per heavy atom. The van der Waals surface area contributed by atoms with E-state index in [1.165, 1.54) is 18.5 Å². The van der Waals surface area contributed by atoms with E-state index < -0.39 is 23.5 Å². The van der Waals surface area contributed by atoms with Crippen LogP contribution < -0.4 is 16.0 Å². The molecule has 7 nitrogen and oxygen atoms in total. The van der Waals surface area contributed by atoms with Crippen molar-refractivity contribution in [3.05, 3.63) is 82.9 Å². The second-order valence-electron chi connectivity index (χ2n) is 8.51. The molecule has 2 heterocycles. The molecule has 190 valence electrons. The van der Waals surface area contributed by atoms with Crippen LogP contribution in [0.5, 0.6) is 0 Å². The number of primary amides is 1. The molecule has 1 saturated heterocycles. The van der Waals surface area contributed by atoms with E-state index in [0.29, 0.717) is 25.2 Å². The summed E-state index contributed by atoms with van der Waals surface area (Å²) >= 11 is 0. The topological polar surface area (TPSA) is 93.4 Å². The fraction of sp³-hybridized carbons (Fsp3) is 0.320. The number of carbonyl (C=O) groups excluding carboxylic acids is 1. The third-order valence-corrected chi connectivity index (χ3v) is 5.89. The normalized spacial score (nSPS) is 15.6. The van der Waals surface area contributed by atoms with E-state index in [4.69, 9.17) is 10.5 Å². The van der Waals surface area contributed by atoms with Gasteiger partial charge in [0.1, 0.15) is 6.33 Å². The highest BCUT2D eigenvalue weighted by Gasteiger charge is 2.31. The molecule has 0 spiro atoms. The Hall–Kier alpha value is -3.73. The summed E-state index contributed by atoms with van der Waals surface area (Å²) < 4.78 is 59.8. The van der Waals surface area contributed by atoms with Crippen molar-refractivity contribution in [1.82, 2.24) is 9.97 Å². The lowest BCUT2D eigenvalue weighted by molar-refractivity contribution is -0.137. The highest BCUT2D eigenvalue weighted by molar-refractivity contribution is 5.76. The molecule has 1 aliphatic heterocycles. The molecule has 36 heavy (non-hydrogen) atoms. The van der Waals surface area contributed by atoms with E-state index in [1.807, 2.05) is 0 Å². The summed E-state index contributed by atoms with van der Waals surface area (Å²) in [7, 11) is 0. The van der Waals surface area contributed by atoms with Crippen LogP contribution in [0.25, 0.3) is 0 Å². The molecule has 0 bridgehead atoms. The molecule has 1 aromatic heterocycles. The number of hydrogen-bond donors (Lipinski definition) is 2. The standard InChI is InChI=1S/C25H25F4N5O2/c26-22-23(31-12-17-3-1-16(2-4-17)11-21(30)35)32-15-33-24(22)34(20-9-10-36-14-20)13-18-5-7-19(8-6-18)25(27,28)29/h1-8,15,20H,9-14H2,(H2,30,35)(H,31,32,33). The van der Waals surface area contributed by atoms with Crippen LogP contribution >= 0.6 is 0 Å². The Bertz CT molecular complexity index is 1180. The van der Waals surface area contributed by atoms with Gasteiger partial charge in [-0.1, -0.05) is 36.4 Å². The predicted molar refractivity (Wildman–Crippen MR) is 126 cm³/mol. The maximum Gasteiger partial charge on any atom is 0.416 e. The largest absolute Gasteiger partial charge is 0.416 e. The minimum Gasteiger partial charge on any atom is -0.379 e. The molecule has 2 aromatic carbocycles. The van der Waals surface area contributed by atoms with Crippen LogP contribution in [0, 0.1) is 5.82 Å². The average molecular weight is 504 g/mol. The Morgan fingerprint density at radius 2 is 1.72 bits per heavy atom. The van der Waals surface area contributed by atoms with Crippen molar-refractivity contribution < 1.29 is 27.1 Å². The van der Waals surface area contributed by atoms with Gasteiger partial charge in [0.2, 0.25) is 11.7 Å². The zero-order valence-electron chi connectivity index (χ0n) is 19.3. The molecule has 11 heteroatoms. The summed E-state index contributed by atoms with van der Waals surface area (Å²) in [5.74, 6) is -1.05. The van der Waals surface area contributed by atoms with Gasteiger partial charge in [-0.05, 0) is 35.2 Å². The lowest BCUT2D eigenvalue weighted by atomic mass is 10.1. The zero-order valence-corrected chi connectivity index (χ0v) is 19.3. The molecule has 1 amide bonds. The van der Waals surface area contributed by atoms with Gasteiger partial charge in [-0.25, -0.2) is 9.97 Å². The summed E-state index contributed by atoms with van der Waals surface area (Å²) in [5.41, 5.74) is 6.66. The predicted octanol–water partition coefficient (Wildman–Crippen LogP) is 4.07. The van der Waals surface area contributed by atoms with E-state index in [1.54, 1.807) is 29.2 Å². The Morgan fingerprint density at radius 3 is 2.33 bits per heavy atom. The number of alkyl halides is 3. The van der Waals surface area contributed by atoms with Crippen LogP contribution in [-0.2, 0) is 35.2 Å². The van der Waals surface area contributed by atoms with E-state index in [2.05, 4.69) is 15.3 Å². The van der Waals surface area contributed by atoms with E-state index in [9.17, 15) is 18.0 Å². The third-order valence-electron chi connectivity index (χ3n) is 5.89. The van der Waals surface area contributed by atoms with Gasteiger partial charge in [-0.15, -0.1) is 0 Å². The van der Waals surface area contributed by atoms with Gasteiger partial charge >= 0.3 is 6.18 Å². The Kier molecular flexibility index (Phi) is 7.68. The number of carbonyl (C=O) groups is 1. The first kappa shape index (κ1) is 25.4. The van der Waals surface area contributed by atoms with Gasteiger partial charge in [0.05, 0.1) is 24.6 Å². The molecule has 1 atom stereocenters. The number of halogens is 4. The second-order valence-corrected chi connectivity index (χ2v) is 8.51. The molecule has 3 N–H and O–H groups in total. The smallest absolute Gasteiger partial charge is 0.379 e. The summed E-state index contributed by atoms with van der Waals surface area (Å²) in [6.45, 7) is 1.28. The number of amides is 1. The fourth-order valence-corrected chi connectivity index (χ4v) is 3.99. The monoisotopic (exact) mass is 503 g/mol. The lowest BCUT2D eigenvalue weighted by Gasteiger charge is -2.30. The molecular formula is C25H25F4N5O2. The van der Waals surface area contributed by atoms with Gasteiger partial charge in [-0.3, -0.25) is 4.79 Å². The number of nitrogens with zero attached hydrogens (tertiary/aromatic N) is 3. The molecule has 1 unspecified atom stereocenters. The Labute approximate surface area is 205 Å². The highest BCUT2D eigenvalue weighted by atomic mass is 19.4. The van der Waals surface area contributed by atoms with Crippen molar-refractivity contribution in [2.75, 3.05) is 23.4 Å². The van der Waals surface area contributed by atoms with E-state index in [-0.39, 0.29) is 37.2 Å². The van der Waals surface area contributed by atoms with Crippen LogP contribution in [0.2, 0.25) is 0 Å². The van der Waals surface area contributed by atoms with Gasteiger partial charge < -0.3 is 20.7 Å². The van der Waals surface area contributed by atoms with Crippen molar-refractivity contribution in [2.24, 2.45) is 5.73 Å². The number of nitrogens with two attached hydrogens (primary N) is 1. The summed E-state index contributed by atoms with van der Waals surface area (Å²) in [6.07, 6.45) is -2.42. The SMILES string of the molecule is NC(=O)Cc1ccc(CNc2ncnc(N(Cc3ccc(C(F)(F)F)cc3)C3CCOC3)c2F)cc1. The second kappa shape index (κ2) is 10.9. The first-order valence-corrected chi connectivity index (χ1v) is 11.3. The van der Waals surface area contributed by atoms with Crippen LogP contribution in [0.3, 0.4) is 0 Å². The van der Waals surface area contributed by atoms with Gasteiger partial charge in [0.25, 0.3) is 0 Å². The average Bonchev–Trinajstić information content (AvgIpc) is 3.37. The first-order chi connectivity index (χ1) is 17.2. The number of aromatic nitrogens is 2. The maximum atomic E-state index is 15.5.